The highest BCUT2D eigenvalue weighted by Gasteiger charge is 2.11. The molecule has 0 saturated carbocycles. The highest BCUT2D eigenvalue weighted by atomic mass is 35.5. The number of carbonyl (C=O) groups is 1. The minimum absolute atomic E-state index is 0.133. The molecule has 0 radical (unpaired) electrons. The van der Waals surface area contributed by atoms with Gasteiger partial charge in [-0.25, -0.2) is 0 Å². The first-order valence-electron chi connectivity index (χ1n) is 19.1. The van der Waals surface area contributed by atoms with Gasteiger partial charge in [-0.15, -0.1) is 11.6 Å². The first-order chi connectivity index (χ1) is 20.3. The second-order valence-corrected chi connectivity index (χ2v) is 13.4. The molecule has 2 nitrogen and oxygen atoms in total. The molecule has 0 aliphatic rings. The highest BCUT2D eigenvalue weighted by Crippen LogP contribution is 2.16. The Hall–Kier alpha value is -0.240. The van der Waals surface area contributed by atoms with Gasteiger partial charge in [-0.1, -0.05) is 206 Å². The second-order valence-electron chi connectivity index (χ2n) is 13.1. The van der Waals surface area contributed by atoms with Gasteiger partial charge >= 0.3 is 0 Å². The van der Waals surface area contributed by atoms with Gasteiger partial charge in [-0.2, -0.15) is 0 Å². The van der Waals surface area contributed by atoms with Crippen LogP contribution in [-0.4, -0.2) is 29.8 Å². The van der Waals surface area contributed by atoms with Gasteiger partial charge in [-0.3, -0.25) is 4.79 Å². The molecule has 0 fully saturated rings. The maximum atomic E-state index is 12.3. The number of hydrogen-bond donors (Lipinski definition) is 0. The highest BCUT2D eigenvalue weighted by molar-refractivity contribution is 6.27. The summed E-state index contributed by atoms with van der Waals surface area (Å²) < 4.78 is 0. The molecule has 0 bridgehead atoms. The number of halogens is 1. The summed E-state index contributed by atoms with van der Waals surface area (Å²) in [6.45, 7) is 6.40. The summed E-state index contributed by atoms with van der Waals surface area (Å²) in [6.07, 6.45) is 44.4. The summed E-state index contributed by atoms with van der Waals surface area (Å²) in [5.74, 6) is 0.270. The van der Waals surface area contributed by atoms with E-state index in [-0.39, 0.29) is 11.8 Å². The van der Waals surface area contributed by atoms with Gasteiger partial charge in [0.25, 0.3) is 0 Å². The molecule has 1 amide bonds. The summed E-state index contributed by atoms with van der Waals surface area (Å²) in [5.41, 5.74) is 0. The number of alkyl halides is 1. The van der Waals surface area contributed by atoms with Crippen LogP contribution in [-0.2, 0) is 4.79 Å². The van der Waals surface area contributed by atoms with Crippen LogP contribution in [0, 0.1) is 0 Å². The monoisotopic (exact) mass is 598 g/mol. The fraction of sp³-hybridized carbons (Fsp3) is 0.974. The molecule has 0 aromatic heterocycles. The largest absolute Gasteiger partial charge is 0.342 e. The third-order valence-corrected chi connectivity index (χ3v) is 9.26. The van der Waals surface area contributed by atoms with Crippen molar-refractivity contribution in [2.75, 3.05) is 19.0 Å². The normalized spacial score (nSPS) is 11.4. The van der Waals surface area contributed by atoms with E-state index in [1.165, 1.54) is 193 Å². The molecule has 0 spiro atoms. The molecule has 0 aromatic rings. The Morgan fingerprint density at radius 3 is 0.756 bits per heavy atom. The molecule has 0 aliphatic carbocycles. The van der Waals surface area contributed by atoms with Gasteiger partial charge in [0, 0.05) is 13.1 Å². The fourth-order valence-electron chi connectivity index (χ4n) is 6.15. The minimum Gasteiger partial charge on any atom is -0.342 e. The molecular formula is C38H76ClNO. The van der Waals surface area contributed by atoms with Gasteiger partial charge in [-0.05, 0) is 12.8 Å². The molecule has 0 aromatic carbocycles. The predicted octanol–water partition coefficient (Wildman–Crippen LogP) is 13.6. The molecule has 0 saturated heterocycles. The Bertz CT molecular complexity index is 461. The smallest absolute Gasteiger partial charge is 0.237 e. The van der Waals surface area contributed by atoms with Crippen LogP contribution in [0.25, 0.3) is 0 Å². The standard InChI is InChI=1S/C38H76ClNO/c1-3-5-7-9-11-13-15-17-19-21-23-25-27-29-31-33-35-40(38(41)37-39)36-34-32-30-28-26-24-22-20-18-16-14-12-10-8-6-4-2/h3-37H2,1-2H3. The lowest BCUT2D eigenvalue weighted by atomic mass is 10.0. The molecule has 3 heteroatoms. The summed E-state index contributed by atoms with van der Waals surface area (Å²) in [5, 5.41) is 0. The maximum Gasteiger partial charge on any atom is 0.237 e. The first kappa shape index (κ1) is 40.8. The van der Waals surface area contributed by atoms with Crippen LogP contribution in [0.1, 0.15) is 219 Å². The Balaban J connectivity index is 3.48. The van der Waals surface area contributed by atoms with Crippen molar-refractivity contribution in [2.45, 2.75) is 219 Å². The van der Waals surface area contributed by atoms with E-state index in [0.717, 1.165) is 25.9 Å². The minimum atomic E-state index is 0.133. The number of amides is 1. The number of hydrogen-bond acceptors (Lipinski definition) is 1. The summed E-state index contributed by atoms with van der Waals surface area (Å²) in [7, 11) is 0. The third-order valence-electron chi connectivity index (χ3n) is 9.03. The zero-order valence-corrected chi connectivity index (χ0v) is 29.2. The number of rotatable bonds is 35. The van der Waals surface area contributed by atoms with Crippen molar-refractivity contribution in [3.63, 3.8) is 0 Å². The molecule has 0 unspecified atom stereocenters. The van der Waals surface area contributed by atoms with Crippen LogP contribution < -0.4 is 0 Å². The molecule has 41 heavy (non-hydrogen) atoms. The topological polar surface area (TPSA) is 20.3 Å². The van der Waals surface area contributed by atoms with E-state index in [9.17, 15) is 4.79 Å². The predicted molar refractivity (Wildman–Crippen MR) is 186 cm³/mol. The molecule has 0 aliphatic heterocycles. The van der Waals surface area contributed by atoms with Crippen molar-refractivity contribution in [3.05, 3.63) is 0 Å². The van der Waals surface area contributed by atoms with Crippen LogP contribution >= 0.6 is 11.6 Å². The summed E-state index contributed by atoms with van der Waals surface area (Å²) in [4.78, 5) is 14.3. The number of unbranched alkanes of at least 4 members (excludes halogenated alkanes) is 30. The number of carbonyl (C=O) groups excluding carboxylic acids is 1. The fourth-order valence-corrected chi connectivity index (χ4v) is 6.32. The Morgan fingerprint density at radius 1 is 0.366 bits per heavy atom. The zero-order chi connectivity index (χ0) is 29.9. The van der Waals surface area contributed by atoms with Gasteiger partial charge in [0.05, 0.1) is 0 Å². The SMILES string of the molecule is CCCCCCCCCCCCCCCCCCN(CCCCCCCCCCCCCCCCCC)C(=O)CCl. The van der Waals surface area contributed by atoms with Crippen molar-refractivity contribution in [1.29, 1.82) is 0 Å². The van der Waals surface area contributed by atoms with E-state index in [1.807, 2.05) is 4.90 Å². The first-order valence-corrected chi connectivity index (χ1v) is 19.6. The van der Waals surface area contributed by atoms with Crippen LogP contribution in [0.3, 0.4) is 0 Å². The lowest BCUT2D eigenvalue weighted by Crippen LogP contribution is -2.33. The van der Waals surface area contributed by atoms with Crippen molar-refractivity contribution < 1.29 is 4.79 Å². The Morgan fingerprint density at radius 2 is 0.561 bits per heavy atom. The van der Waals surface area contributed by atoms with Gasteiger partial charge < -0.3 is 4.90 Å². The van der Waals surface area contributed by atoms with E-state index in [1.54, 1.807) is 0 Å². The quantitative estimate of drug-likeness (QED) is 0.0525. The lowest BCUT2D eigenvalue weighted by molar-refractivity contribution is -0.128. The molecule has 0 rings (SSSR count). The molecular weight excluding hydrogens is 522 g/mol. The third kappa shape index (κ3) is 32.5. The summed E-state index contributed by atoms with van der Waals surface area (Å²) >= 11 is 5.91. The van der Waals surface area contributed by atoms with E-state index in [4.69, 9.17) is 11.6 Å². The van der Waals surface area contributed by atoms with E-state index >= 15 is 0 Å². The van der Waals surface area contributed by atoms with E-state index in [0.29, 0.717) is 0 Å². The lowest BCUT2D eigenvalue weighted by Gasteiger charge is -2.22. The number of nitrogens with zero attached hydrogens (tertiary/aromatic N) is 1. The summed E-state index contributed by atoms with van der Waals surface area (Å²) in [6, 6.07) is 0. The second kappa shape index (κ2) is 36.0. The molecule has 0 N–H and O–H groups in total. The zero-order valence-electron chi connectivity index (χ0n) is 28.5. The van der Waals surface area contributed by atoms with Crippen LogP contribution in [0.5, 0.6) is 0 Å². The van der Waals surface area contributed by atoms with Crippen LogP contribution in [0.4, 0.5) is 0 Å². The average Bonchev–Trinajstić information content (AvgIpc) is 2.99. The van der Waals surface area contributed by atoms with Gasteiger partial charge in [0.2, 0.25) is 5.91 Å². The molecule has 246 valence electrons. The maximum absolute atomic E-state index is 12.3. The Kier molecular flexibility index (Phi) is 35.7. The molecule has 0 heterocycles. The van der Waals surface area contributed by atoms with Crippen molar-refractivity contribution in [2.24, 2.45) is 0 Å². The van der Waals surface area contributed by atoms with Crippen molar-refractivity contribution in [3.8, 4) is 0 Å². The van der Waals surface area contributed by atoms with E-state index in [2.05, 4.69) is 13.8 Å². The Labute approximate surface area is 264 Å². The van der Waals surface area contributed by atoms with Crippen LogP contribution in [0.2, 0.25) is 0 Å². The van der Waals surface area contributed by atoms with Gasteiger partial charge in [0.1, 0.15) is 5.88 Å². The molecule has 0 atom stereocenters. The van der Waals surface area contributed by atoms with E-state index < -0.39 is 0 Å². The van der Waals surface area contributed by atoms with Crippen molar-refractivity contribution >= 4 is 17.5 Å². The average molecular weight is 598 g/mol. The van der Waals surface area contributed by atoms with Crippen molar-refractivity contribution in [1.82, 2.24) is 4.90 Å². The van der Waals surface area contributed by atoms with Crippen LogP contribution in [0.15, 0.2) is 0 Å². The van der Waals surface area contributed by atoms with Gasteiger partial charge in [0.15, 0.2) is 0 Å².